The molecular formula is C56H69F2N5O7. The van der Waals surface area contributed by atoms with E-state index in [-0.39, 0.29) is 86.0 Å². The normalized spacial score (nSPS) is 15.4. The highest BCUT2D eigenvalue weighted by Crippen LogP contribution is 2.34. The molecule has 3 aliphatic carbocycles. The minimum atomic E-state index is -1.24. The quantitative estimate of drug-likeness (QED) is 0.0727. The van der Waals surface area contributed by atoms with Crippen LogP contribution in [0.5, 0.6) is 0 Å². The number of aromatic carboxylic acids is 1. The Bertz CT molecular complexity index is 2650. The van der Waals surface area contributed by atoms with Gasteiger partial charge in [0.25, 0.3) is 29.5 Å². The Balaban J connectivity index is 0.000000236. The van der Waals surface area contributed by atoms with Crippen LogP contribution in [0.3, 0.4) is 0 Å². The van der Waals surface area contributed by atoms with E-state index in [4.69, 9.17) is 0 Å². The van der Waals surface area contributed by atoms with Crippen LogP contribution in [-0.2, 0) is 0 Å². The van der Waals surface area contributed by atoms with Crippen molar-refractivity contribution in [3.8, 4) is 22.3 Å². The number of carbonyl (C=O) groups excluding carboxylic acids is 5. The average molecular weight is 962 g/mol. The van der Waals surface area contributed by atoms with E-state index in [0.717, 1.165) is 57.4 Å². The molecule has 6 N–H and O–H groups in total. The van der Waals surface area contributed by atoms with E-state index < -0.39 is 23.5 Å². The summed E-state index contributed by atoms with van der Waals surface area (Å²) < 4.78 is 29.7. The number of carboxylic acids is 1. The molecule has 5 amide bonds. The summed E-state index contributed by atoms with van der Waals surface area (Å²) in [5.41, 5.74) is 2.94. The molecule has 12 nitrogen and oxygen atoms in total. The van der Waals surface area contributed by atoms with Gasteiger partial charge in [0, 0.05) is 59.0 Å². The maximum absolute atomic E-state index is 15.1. The van der Waals surface area contributed by atoms with Crippen LogP contribution in [0.15, 0.2) is 60.7 Å². The lowest BCUT2D eigenvalue weighted by molar-refractivity contribution is 0.0696. The lowest BCUT2D eigenvalue weighted by Crippen LogP contribution is -2.39. The molecule has 14 heteroatoms. The molecule has 374 valence electrons. The van der Waals surface area contributed by atoms with Gasteiger partial charge >= 0.3 is 5.97 Å². The van der Waals surface area contributed by atoms with Gasteiger partial charge in [0.05, 0.1) is 5.56 Å². The van der Waals surface area contributed by atoms with Gasteiger partial charge in [-0.2, -0.15) is 0 Å². The molecule has 0 radical (unpaired) electrons. The van der Waals surface area contributed by atoms with Crippen molar-refractivity contribution in [3.05, 3.63) is 117 Å². The van der Waals surface area contributed by atoms with Gasteiger partial charge in [-0.15, -0.1) is 0 Å². The number of benzene rings is 4. The van der Waals surface area contributed by atoms with Crippen molar-refractivity contribution in [2.24, 2.45) is 16.7 Å². The SMILES string of the molecule is Cc1c(F)cc(C(=O)NC2CC2)cc1-c1ccc(C(=O)NCC(C)(C)C)cc1C(=O)N[C@@H](C)C1CCCCC1.Cc1c(F)cc(C(=O)NC2CC2)cc1-c1ccc(C(=O)NCC(C)(C)C)cc1C(=O)O. The highest BCUT2D eigenvalue weighted by atomic mass is 19.1. The van der Waals surface area contributed by atoms with Gasteiger partial charge in [-0.05, 0) is 158 Å². The fourth-order valence-electron chi connectivity index (χ4n) is 8.31. The Hall–Kier alpha value is -6.44. The Morgan fingerprint density at radius 1 is 0.543 bits per heavy atom. The van der Waals surface area contributed by atoms with Crippen LogP contribution in [-0.4, -0.2) is 71.8 Å². The van der Waals surface area contributed by atoms with Crippen molar-refractivity contribution < 1.29 is 42.7 Å². The standard InChI is InChI=1S/C32H42FN3O3.C24H27FN2O4/c1-19-26(16-23(17-28(19)33)30(38)36-24-12-13-24)25-14-11-22(29(37)34-18-32(3,4)5)15-27(25)31(39)35-20(2)21-9-7-6-8-10-21;1-13-18(10-15(11-20(13)25)22(29)27-16-6-7-16)17-8-5-14(9-19(17)23(30)31)21(28)26-12-24(2,3)4/h11,14-17,20-21,24H,6-10,12-13,18H2,1-5H3,(H,34,37)(H,35,39)(H,36,38);5,8-11,16H,6-7,12H2,1-4H3,(H,26,28)(H,27,29)(H,30,31)/t20-;/m0./s1. The summed E-state index contributed by atoms with van der Waals surface area (Å²) in [5, 5.41) is 24.4. The molecule has 0 aliphatic heterocycles. The van der Waals surface area contributed by atoms with Gasteiger partial charge in [0.15, 0.2) is 0 Å². The van der Waals surface area contributed by atoms with Gasteiger partial charge in [0.2, 0.25) is 0 Å². The average Bonchev–Trinajstić information content (AvgIpc) is 4.27. The molecule has 3 saturated carbocycles. The Kier molecular flexibility index (Phi) is 16.7. The fourth-order valence-corrected chi connectivity index (χ4v) is 8.31. The van der Waals surface area contributed by atoms with Gasteiger partial charge < -0.3 is 31.7 Å². The third-order valence-corrected chi connectivity index (χ3v) is 12.9. The molecule has 0 aromatic heterocycles. The Morgan fingerprint density at radius 2 is 0.957 bits per heavy atom. The zero-order valence-electron chi connectivity index (χ0n) is 42.0. The third-order valence-electron chi connectivity index (χ3n) is 12.9. The second-order valence-electron chi connectivity index (χ2n) is 21.7. The van der Waals surface area contributed by atoms with E-state index in [1.807, 2.05) is 48.5 Å². The first-order valence-electron chi connectivity index (χ1n) is 24.5. The maximum atomic E-state index is 15.1. The van der Waals surface area contributed by atoms with Crippen LogP contribution in [0.25, 0.3) is 22.3 Å². The smallest absolute Gasteiger partial charge is 0.336 e. The molecule has 0 saturated heterocycles. The molecule has 7 rings (SSSR count). The van der Waals surface area contributed by atoms with Crippen LogP contribution in [0.1, 0.15) is 180 Å². The van der Waals surface area contributed by atoms with E-state index in [0.29, 0.717) is 52.4 Å². The number of hydrogen-bond acceptors (Lipinski definition) is 6. The Labute approximate surface area is 410 Å². The largest absolute Gasteiger partial charge is 0.478 e. The van der Waals surface area contributed by atoms with E-state index >= 15 is 4.39 Å². The van der Waals surface area contributed by atoms with Gasteiger partial charge in [-0.1, -0.05) is 72.9 Å². The topological polar surface area (TPSA) is 183 Å². The summed E-state index contributed by atoms with van der Waals surface area (Å²) in [5.74, 6) is -3.63. The van der Waals surface area contributed by atoms with Gasteiger partial charge in [-0.3, -0.25) is 24.0 Å². The van der Waals surface area contributed by atoms with Crippen molar-refractivity contribution in [3.63, 3.8) is 0 Å². The summed E-state index contributed by atoms with van der Waals surface area (Å²) in [4.78, 5) is 76.3. The molecule has 0 spiro atoms. The minimum Gasteiger partial charge on any atom is -0.478 e. The molecule has 70 heavy (non-hydrogen) atoms. The molecule has 1 atom stereocenters. The first-order valence-corrected chi connectivity index (χ1v) is 24.5. The number of nitrogens with one attached hydrogen (secondary N) is 5. The molecule has 3 fully saturated rings. The predicted octanol–water partition coefficient (Wildman–Crippen LogP) is 10.3. The molecular weight excluding hydrogens is 893 g/mol. The zero-order valence-corrected chi connectivity index (χ0v) is 42.0. The highest BCUT2D eigenvalue weighted by molar-refractivity contribution is 6.06. The van der Waals surface area contributed by atoms with E-state index in [1.54, 1.807) is 31.2 Å². The van der Waals surface area contributed by atoms with Crippen molar-refractivity contribution in [2.75, 3.05) is 13.1 Å². The highest BCUT2D eigenvalue weighted by Gasteiger charge is 2.29. The number of hydrogen-bond donors (Lipinski definition) is 6. The van der Waals surface area contributed by atoms with Gasteiger partial charge in [0.1, 0.15) is 11.6 Å². The predicted molar refractivity (Wildman–Crippen MR) is 268 cm³/mol. The van der Waals surface area contributed by atoms with Crippen LogP contribution in [0, 0.1) is 42.2 Å². The van der Waals surface area contributed by atoms with Crippen molar-refractivity contribution >= 4 is 35.5 Å². The molecule has 3 aliphatic rings. The summed E-state index contributed by atoms with van der Waals surface area (Å²) in [7, 11) is 0. The van der Waals surface area contributed by atoms with Crippen LogP contribution in [0.2, 0.25) is 0 Å². The number of carboxylic acid groups (broad SMARTS) is 1. The van der Waals surface area contributed by atoms with Crippen molar-refractivity contribution in [1.82, 2.24) is 26.6 Å². The van der Waals surface area contributed by atoms with Gasteiger partial charge in [-0.25, -0.2) is 13.6 Å². The van der Waals surface area contributed by atoms with E-state index in [2.05, 4.69) is 26.6 Å². The van der Waals surface area contributed by atoms with E-state index in [1.165, 1.54) is 43.7 Å². The Morgan fingerprint density at radius 3 is 1.36 bits per heavy atom. The fraction of sp³-hybridized carbons (Fsp3) is 0.464. The zero-order chi connectivity index (χ0) is 51.2. The molecule has 0 unspecified atom stereocenters. The summed E-state index contributed by atoms with van der Waals surface area (Å²) in [6, 6.07) is 15.0. The summed E-state index contributed by atoms with van der Waals surface area (Å²) >= 11 is 0. The second kappa shape index (κ2) is 22.1. The number of halogens is 2. The second-order valence-corrected chi connectivity index (χ2v) is 21.7. The summed E-state index contributed by atoms with van der Waals surface area (Å²) in [6.45, 7) is 18.1. The maximum Gasteiger partial charge on any atom is 0.336 e. The molecule has 4 aromatic carbocycles. The van der Waals surface area contributed by atoms with Crippen LogP contribution < -0.4 is 26.6 Å². The first kappa shape index (κ1) is 52.9. The number of rotatable bonds is 14. The van der Waals surface area contributed by atoms with Crippen LogP contribution in [0.4, 0.5) is 8.78 Å². The van der Waals surface area contributed by atoms with Crippen LogP contribution >= 0.6 is 0 Å². The third kappa shape index (κ3) is 14.3. The lowest BCUT2D eigenvalue weighted by Gasteiger charge is -2.28. The molecule has 4 aromatic rings. The minimum absolute atomic E-state index is 0.0301. The number of amides is 5. The number of carbonyl (C=O) groups is 6. The molecule has 0 bridgehead atoms. The first-order chi connectivity index (χ1) is 32.9. The van der Waals surface area contributed by atoms with Crippen molar-refractivity contribution in [1.29, 1.82) is 0 Å². The monoisotopic (exact) mass is 962 g/mol. The van der Waals surface area contributed by atoms with E-state index in [9.17, 15) is 38.3 Å². The van der Waals surface area contributed by atoms with Crippen molar-refractivity contribution in [2.45, 2.75) is 138 Å². The summed E-state index contributed by atoms with van der Waals surface area (Å²) in [6.07, 6.45) is 9.34. The molecule has 0 heterocycles. The lowest BCUT2D eigenvalue weighted by atomic mass is 9.84.